The number of nitrogens with two attached hydrogens (primary N) is 1. The van der Waals surface area contributed by atoms with E-state index in [1.165, 1.54) is 0 Å². The van der Waals surface area contributed by atoms with Crippen LogP contribution < -0.4 is 21.1 Å². The van der Waals surface area contributed by atoms with E-state index in [1.54, 1.807) is 24.3 Å². The number of carbonyl (C=O) groups is 2. The summed E-state index contributed by atoms with van der Waals surface area (Å²) in [6, 6.07) is 16.0. The molecule has 0 heterocycles. The number of hydrogen-bond acceptors (Lipinski definition) is 3. The van der Waals surface area contributed by atoms with Crippen LogP contribution in [0.15, 0.2) is 54.6 Å². The van der Waals surface area contributed by atoms with Crippen LogP contribution in [0.3, 0.4) is 0 Å². The second-order valence-electron chi connectivity index (χ2n) is 4.57. The first-order valence-corrected chi connectivity index (χ1v) is 6.73. The zero-order chi connectivity index (χ0) is 15.8. The lowest BCUT2D eigenvalue weighted by Gasteiger charge is -2.08. The van der Waals surface area contributed by atoms with E-state index in [2.05, 4.69) is 10.6 Å². The summed E-state index contributed by atoms with van der Waals surface area (Å²) in [6.07, 6.45) is 0. The number of nitrogens with one attached hydrogen (secondary N) is 2. The van der Waals surface area contributed by atoms with Gasteiger partial charge < -0.3 is 21.1 Å². The van der Waals surface area contributed by atoms with Crippen LogP contribution in [0, 0.1) is 0 Å². The number of primary amides is 1. The molecule has 22 heavy (non-hydrogen) atoms. The van der Waals surface area contributed by atoms with Crippen molar-refractivity contribution < 1.29 is 14.3 Å². The van der Waals surface area contributed by atoms with Crippen molar-refractivity contribution in [1.82, 2.24) is 5.32 Å². The third kappa shape index (κ3) is 5.16. The van der Waals surface area contributed by atoms with Crippen LogP contribution in [0.5, 0.6) is 5.75 Å². The summed E-state index contributed by atoms with van der Waals surface area (Å²) in [4.78, 5) is 22.3. The highest BCUT2D eigenvalue weighted by atomic mass is 16.5. The maximum absolute atomic E-state index is 11.7. The van der Waals surface area contributed by atoms with Crippen molar-refractivity contribution in [3.8, 4) is 5.75 Å². The number of carbonyl (C=O) groups excluding carboxylic acids is 2. The zero-order valence-corrected chi connectivity index (χ0v) is 11.9. The number of hydrogen-bond donors (Lipinski definition) is 3. The minimum atomic E-state index is -0.525. The summed E-state index contributed by atoms with van der Waals surface area (Å²) in [5, 5.41) is 5.48. The first-order chi connectivity index (χ1) is 10.6. The van der Waals surface area contributed by atoms with E-state index < -0.39 is 5.91 Å². The average molecular weight is 299 g/mol. The summed E-state index contributed by atoms with van der Waals surface area (Å²) in [5.41, 5.74) is 6.64. The monoisotopic (exact) mass is 299 g/mol. The smallest absolute Gasteiger partial charge is 0.319 e. The van der Waals surface area contributed by atoms with Gasteiger partial charge in [-0.15, -0.1) is 0 Å². The van der Waals surface area contributed by atoms with Crippen molar-refractivity contribution >= 4 is 17.6 Å². The molecule has 6 heteroatoms. The Balaban J connectivity index is 1.79. The Morgan fingerprint density at radius 2 is 1.68 bits per heavy atom. The number of ether oxygens (including phenoxy) is 1. The number of amides is 3. The van der Waals surface area contributed by atoms with Gasteiger partial charge in [-0.3, -0.25) is 4.79 Å². The number of urea groups is 1. The normalized spacial score (nSPS) is 9.82. The van der Waals surface area contributed by atoms with Crippen molar-refractivity contribution in [3.63, 3.8) is 0 Å². The van der Waals surface area contributed by atoms with Crippen LogP contribution in [-0.4, -0.2) is 18.5 Å². The minimum Gasteiger partial charge on any atom is -0.484 e. The van der Waals surface area contributed by atoms with Gasteiger partial charge in [0.1, 0.15) is 5.75 Å². The molecule has 2 aromatic rings. The Kier molecular flexibility index (Phi) is 5.37. The van der Waals surface area contributed by atoms with Gasteiger partial charge in [-0.1, -0.05) is 30.3 Å². The fraction of sp³-hybridized carbons (Fsp3) is 0.125. The molecule has 0 unspecified atom stereocenters. The summed E-state index contributed by atoms with van der Waals surface area (Å²) in [7, 11) is 0. The lowest BCUT2D eigenvalue weighted by atomic mass is 10.2. The Hall–Kier alpha value is -3.02. The van der Waals surface area contributed by atoms with Crippen molar-refractivity contribution in [2.75, 3.05) is 11.9 Å². The van der Waals surface area contributed by atoms with Gasteiger partial charge in [-0.2, -0.15) is 0 Å². The van der Waals surface area contributed by atoms with Crippen molar-refractivity contribution in [3.05, 3.63) is 60.2 Å². The van der Waals surface area contributed by atoms with Gasteiger partial charge in [0.25, 0.3) is 5.91 Å². The van der Waals surface area contributed by atoms with Crippen LogP contribution in [0.1, 0.15) is 5.56 Å². The molecular formula is C16H17N3O3. The van der Waals surface area contributed by atoms with Gasteiger partial charge in [0.15, 0.2) is 6.61 Å². The van der Waals surface area contributed by atoms with E-state index >= 15 is 0 Å². The SMILES string of the molecule is NC(=O)COc1ccc(CNC(=O)Nc2ccccc2)cc1. The van der Waals surface area contributed by atoms with Gasteiger partial charge in [-0.05, 0) is 29.8 Å². The molecule has 0 bridgehead atoms. The zero-order valence-electron chi connectivity index (χ0n) is 11.9. The van der Waals surface area contributed by atoms with E-state index in [0.29, 0.717) is 12.3 Å². The van der Waals surface area contributed by atoms with Crippen LogP contribution in [-0.2, 0) is 11.3 Å². The van der Waals surface area contributed by atoms with E-state index in [0.717, 1.165) is 11.3 Å². The average Bonchev–Trinajstić information content (AvgIpc) is 2.53. The second-order valence-corrected chi connectivity index (χ2v) is 4.57. The maximum atomic E-state index is 11.7. The molecule has 0 fully saturated rings. The van der Waals surface area contributed by atoms with Crippen LogP contribution in [0.4, 0.5) is 10.5 Å². The molecule has 4 N–H and O–H groups in total. The molecule has 2 rings (SSSR count). The van der Waals surface area contributed by atoms with Gasteiger partial charge >= 0.3 is 6.03 Å². The predicted molar refractivity (Wildman–Crippen MR) is 83.4 cm³/mol. The van der Waals surface area contributed by atoms with Crippen molar-refractivity contribution in [2.24, 2.45) is 5.73 Å². The third-order valence-corrected chi connectivity index (χ3v) is 2.79. The highest BCUT2D eigenvalue weighted by molar-refractivity contribution is 5.89. The fourth-order valence-corrected chi connectivity index (χ4v) is 1.74. The number of rotatable bonds is 6. The molecule has 6 nitrogen and oxygen atoms in total. The van der Waals surface area contributed by atoms with E-state index in [4.69, 9.17) is 10.5 Å². The molecule has 0 aliphatic rings. The summed E-state index contributed by atoms with van der Waals surface area (Å²) in [6.45, 7) is 0.228. The maximum Gasteiger partial charge on any atom is 0.319 e. The van der Waals surface area contributed by atoms with Crippen molar-refractivity contribution in [1.29, 1.82) is 0 Å². The Bertz CT molecular complexity index is 627. The fourth-order valence-electron chi connectivity index (χ4n) is 1.74. The lowest BCUT2D eigenvalue weighted by Crippen LogP contribution is -2.28. The van der Waals surface area contributed by atoms with Crippen LogP contribution >= 0.6 is 0 Å². The topological polar surface area (TPSA) is 93.5 Å². The first kappa shape index (κ1) is 15.4. The standard InChI is InChI=1S/C16H17N3O3/c17-15(20)11-22-14-8-6-12(7-9-14)10-18-16(21)19-13-4-2-1-3-5-13/h1-9H,10-11H2,(H2,17,20)(H2,18,19,21). The molecule has 0 aromatic heterocycles. The highest BCUT2D eigenvalue weighted by Gasteiger charge is 2.02. The Labute approximate surface area is 128 Å². The Morgan fingerprint density at radius 3 is 2.32 bits per heavy atom. The summed E-state index contributed by atoms with van der Waals surface area (Å²) < 4.78 is 5.15. The minimum absolute atomic E-state index is 0.156. The van der Waals surface area contributed by atoms with Crippen LogP contribution in [0.25, 0.3) is 0 Å². The van der Waals surface area contributed by atoms with Gasteiger partial charge in [0.05, 0.1) is 0 Å². The summed E-state index contributed by atoms with van der Waals surface area (Å²) in [5.74, 6) is 0.0274. The molecule has 114 valence electrons. The van der Waals surface area contributed by atoms with Gasteiger partial charge in [0, 0.05) is 12.2 Å². The number of benzene rings is 2. The molecule has 0 saturated carbocycles. The molecule has 0 radical (unpaired) electrons. The van der Waals surface area contributed by atoms with E-state index in [-0.39, 0.29) is 12.6 Å². The molecule has 0 spiro atoms. The Morgan fingerprint density at radius 1 is 1.00 bits per heavy atom. The summed E-state index contributed by atoms with van der Waals surface area (Å²) >= 11 is 0. The van der Waals surface area contributed by atoms with Crippen LogP contribution in [0.2, 0.25) is 0 Å². The highest BCUT2D eigenvalue weighted by Crippen LogP contribution is 2.12. The molecular weight excluding hydrogens is 282 g/mol. The number of para-hydroxylation sites is 1. The molecule has 3 amide bonds. The molecule has 0 aliphatic heterocycles. The first-order valence-electron chi connectivity index (χ1n) is 6.73. The second kappa shape index (κ2) is 7.68. The van der Waals surface area contributed by atoms with Crippen molar-refractivity contribution in [2.45, 2.75) is 6.54 Å². The molecule has 0 saturated heterocycles. The lowest BCUT2D eigenvalue weighted by molar-refractivity contribution is -0.119. The number of anilines is 1. The van der Waals surface area contributed by atoms with E-state index in [9.17, 15) is 9.59 Å². The molecule has 0 atom stereocenters. The largest absolute Gasteiger partial charge is 0.484 e. The predicted octanol–water partition coefficient (Wildman–Crippen LogP) is 1.87. The van der Waals surface area contributed by atoms with E-state index in [1.807, 2.05) is 30.3 Å². The van der Waals surface area contributed by atoms with Gasteiger partial charge in [-0.25, -0.2) is 4.79 Å². The molecule has 0 aliphatic carbocycles. The van der Waals surface area contributed by atoms with Gasteiger partial charge in [0.2, 0.25) is 0 Å². The quantitative estimate of drug-likeness (QED) is 0.760. The molecule has 2 aromatic carbocycles. The third-order valence-electron chi connectivity index (χ3n) is 2.79.